The third-order valence-electron chi connectivity index (χ3n) is 4.97. The number of rotatable bonds is 18. The molecule has 0 fully saturated rings. The van der Waals surface area contributed by atoms with Gasteiger partial charge in [-0.2, -0.15) is 0 Å². The van der Waals surface area contributed by atoms with Crippen LogP contribution in [0.2, 0.25) is 0 Å². The third-order valence-corrected chi connectivity index (χ3v) is 4.97. The average Bonchev–Trinajstić information content (AvgIpc) is 2.79. The van der Waals surface area contributed by atoms with Gasteiger partial charge in [0.05, 0.1) is 6.10 Å². The molecule has 0 aliphatic heterocycles. The molecule has 5 atom stereocenters. The number of carboxylic acids is 2. The number of hydrogen-bond donors (Lipinski definition) is 10. The van der Waals surface area contributed by atoms with Crippen molar-refractivity contribution in [2.24, 2.45) is 27.9 Å². The van der Waals surface area contributed by atoms with Crippen LogP contribution in [-0.4, -0.2) is 93.7 Å². The molecule has 14 N–H and O–H groups in total. The SMILES string of the molecule is CC(O)C(N)C(=O)NC(CCCN=C(N)N)C(=O)NC(CCC(N)=O)C(=O)NC(CCC(=O)O)C(=O)O. The molecule has 37 heavy (non-hydrogen) atoms. The van der Waals surface area contributed by atoms with E-state index < -0.39 is 78.7 Å². The second-order valence-corrected chi connectivity index (χ2v) is 8.17. The van der Waals surface area contributed by atoms with E-state index in [0.717, 1.165) is 0 Å². The maximum Gasteiger partial charge on any atom is 0.326 e. The predicted octanol–water partition coefficient (Wildman–Crippen LogP) is -4.58. The number of carbonyl (C=O) groups excluding carboxylic acids is 4. The first-order valence-electron chi connectivity index (χ1n) is 11.3. The number of nitrogens with zero attached hydrogens (tertiary/aromatic N) is 1. The quantitative estimate of drug-likeness (QED) is 0.0453. The second kappa shape index (κ2) is 16.6. The van der Waals surface area contributed by atoms with Crippen LogP contribution in [-0.2, 0) is 28.8 Å². The van der Waals surface area contributed by atoms with Gasteiger partial charge in [0.25, 0.3) is 0 Å². The monoisotopic (exact) mass is 532 g/mol. The van der Waals surface area contributed by atoms with E-state index in [0.29, 0.717) is 0 Å². The minimum atomic E-state index is -1.59. The Labute approximate surface area is 212 Å². The van der Waals surface area contributed by atoms with E-state index in [9.17, 15) is 39.0 Å². The van der Waals surface area contributed by atoms with Crippen LogP contribution in [0.25, 0.3) is 0 Å². The standard InChI is InChI=1S/C20H36N8O9/c1-9(29)15(22)18(35)27-10(3-2-8-25-20(23)24)16(33)26-11(4-6-13(21)30)17(34)28-12(19(36)37)5-7-14(31)32/h9-12,15,29H,2-8,22H2,1H3,(H2,21,30)(H,26,33)(H,27,35)(H,28,34)(H,31,32)(H,36,37)(H4,23,24,25). The average molecular weight is 533 g/mol. The molecule has 210 valence electrons. The van der Waals surface area contributed by atoms with Gasteiger partial charge in [-0.3, -0.25) is 29.0 Å². The predicted molar refractivity (Wildman–Crippen MR) is 128 cm³/mol. The number of carboxylic acid groups (broad SMARTS) is 2. The summed E-state index contributed by atoms with van der Waals surface area (Å²) in [6.07, 6.45) is -2.73. The lowest BCUT2D eigenvalue weighted by molar-refractivity contribution is -0.143. The van der Waals surface area contributed by atoms with E-state index in [4.69, 9.17) is 28.0 Å². The third kappa shape index (κ3) is 14.2. The fourth-order valence-corrected chi connectivity index (χ4v) is 2.88. The van der Waals surface area contributed by atoms with Crippen LogP contribution in [0.4, 0.5) is 0 Å². The van der Waals surface area contributed by atoms with E-state index >= 15 is 0 Å². The highest BCUT2D eigenvalue weighted by Gasteiger charge is 2.31. The molecule has 0 aromatic rings. The zero-order chi connectivity index (χ0) is 28.7. The van der Waals surface area contributed by atoms with Crippen LogP contribution in [0.5, 0.6) is 0 Å². The highest BCUT2D eigenvalue weighted by atomic mass is 16.4. The van der Waals surface area contributed by atoms with E-state index in [1.807, 2.05) is 0 Å². The molecule has 0 aromatic carbocycles. The molecule has 0 saturated heterocycles. The Hall–Kier alpha value is -3.99. The number of guanidine groups is 1. The molecular weight excluding hydrogens is 496 g/mol. The van der Waals surface area contributed by atoms with E-state index in [1.54, 1.807) is 0 Å². The summed E-state index contributed by atoms with van der Waals surface area (Å²) >= 11 is 0. The van der Waals surface area contributed by atoms with Gasteiger partial charge in [0, 0.05) is 19.4 Å². The van der Waals surface area contributed by atoms with Crippen LogP contribution in [0, 0.1) is 0 Å². The molecule has 0 bridgehead atoms. The molecule has 0 heterocycles. The van der Waals surface area contributed by atoms with Crippen molar-refractivity contribution in [1.82, 2.24) is 16.0 Å². The normalized spacial score (nSPS) is 14.7. The number of amides is 4. The smallest absolute Gasteiger partial charge is 0.326 e. The van der Waals surface area contributed by atoms with Crippen LogP contribution in [0.1, 0.15) is 45.4 Å². The Morgan fingerprint density at radius 1 is 0.784 bits per heavy atom. The fourth-order valence-electron chi connectivity index (χ4n) is 2.88. The molecule has 0 saturated carbocycles. The van der Waals surface area contributed by atoms with Crippen molar-refractivity contribution >= 4 is 41.5 Å². The van der Waals surface area contributed by atoms with Crippen molar-refractivity contribution in [1.29, 1.82) is 0 Å². The van der Waals surface area contributed by atoms with Gasteiger partial charge in [0.2, 0.25) is 23.6 Å². The molecule has 0 aliphatic rings. The molecular formula is C20H36N8O9. The van der Waals surface area contributed by atoms with Gasteiger partial charge in [-0.15, -0.1) is 0 Å². The number of primary amides is 1. The topological polar surface area (TPSA) is 316 Å². The second-order valence-electron chi connectivity index (χ2n) is 8.17. The van der Waals surface area contributed by atoms with Crippen LogP contribution >= 0.6 is 0 Å². The Kier molecular flexibility index (Phi) is 14.8. The van der Waals surface area contributed by atoms with Crippen LogP contribution in [0.3, 0.4) is 0 Å². The van der Waals surface area contributed by atoms with Crippen molar-refractivity contribution < 1.29 is 44.1 Å². The summed E-state index contributed by atoms with van der Waals surface area (Å²) in [5, 5.41) is 34.4. The number of nitrogens with one attached hydrogen (secondary N) is 3. The van der Waals surface area contributed by atoms with Crippen LogP contribution < -0.4 is 38.9 Å². The number of aliphatic carboxylic acids is 2. The van der Waals surface area contributed by atoms with Gasteiger partial charge < -0.3 is 54.2 Å². The minimum absolute atomic E-state index is 0.0264. The maximum absolute atomic E-state index is 13.0. The first kappa shape index (κ1) is 33.0. The highest BCUT2D eigenvalue weighted by Crippen LogP contribution is 2.06. The van der Waals surface area contributed by atoms with E-state index in [1.165, 1.54) is 6.92 Å². The Morgan fingerprint density at radius 3 is 1.73 bits per heavy atom. The Bertz CT molecular complexity index is 861. The lowest BCUT2D eigenvalue weighted by atomic mass is 10.1. The van der Waals surface area contributed by atoms with Crippen molar-refractivity contribution in [2.45, 2.75) is 75.7 Å². The van der Waals surface area contributed by atoms with Gasteiger partial charge in [-0.1, -0.05) is 0 Å². The molecule has 17 heteroatoms. The number of aliphatic imine (C=N–C) groups is 1. The number of aliphatic hydroxyl groups excluding tert-OH is 1. The van der Waals surface area contributed by atoms with Gasteiger partial charge in [-0.25, -0.2) is 4.79 Å². The molecule has 17 nitrogen and oxygen atoms in total. The maximum atomic E-state index is 13.0. The van der Waals surface area contributed by atoms with Crippen molar-refractivity contribution in [3.05, 3.63) is 0 Å². The van der Waals surface area contributed by atoms with E-state index in [2.05, 4.69) is 20.9 Å². The Balaban J connectivity index is 5.69. The molecule has 5 unspecified atom stereocenters. The number of aliphatic hydroxyl groups is 1. The van der Waals surface area contributed by atoms with Gasteiger partial charge in [0.1, 0.15) is 24.2 Å². The van der Waals surface area contributed by atoms with Gasteiger partial charge in [0.15, 0.2) is 5.96 Å². The zero-order valence-electron chi connectivity index (χ0n) is 20.4. The summed E-state index contributed by atoms with van der Waals surface area (Å²) in [7, 11) is 0. The number of carbonyl (C=O) groups is 6. The summed E-state index contributed by atoms with van der Waals surface area (Å²) in [4.78, 5) is 75.3. The molecule has 0 rings (SSSR count). The number of hydrogen-bond acceptors (Lipinski definition) is 9. The Morgan fingerprint density at radius 2 is 1.27 bits per heavy atom. The first-order valence-corrected chi connectivity index (χ1v) is 11.3. The van der Waals surface area contributed by atoms with Crippen molar-refractivity contribution in [2.75, 3.05) is 6.54 Å². The van der Waals surface area contributed by atoms with Gasteiger partial charge >= 0.3 is 11.9 Å². The summed E-state index contributed by atoms with van der Waals surface area (Å²) in [6.45, 7) is 1.37. The number of nitrogens with two attached hydrogens (primary N) is 4. The van der Waals surface area contributed by atoms with E-state index in [-0.39, 0.29) is 38.2 Å². The largest absolute Gasteiger partial charge is 0.481 e. The zero-order valence-corrected chi connectivity index (χ0v) is 20.4. The molecule has 0 spiro atoms. The first-order chi connectivity index (χ1) is 17.1. The van der Waals surface area contributed by atoms with Crippen LogP contribution in [0.15, 0.2) is 4.99 Å². The summed E-state index contributed by atoms with van der Waals surface area (Å²) in [5.41, 5.74) is 21.2. The van der Waals surface area contributed by atoms with Crippen molar-refractivity contribution in [3.63, 3.8) is 0 Å². The molecule has 0 radical (unpaired) electrons. The lowest BCUT2D eigenvalue weighted by Gasteiger charge is -2.25. The van der Waals surface area contributed by atoms with Crippen molar-refractivity contribution in [3.8, 4) is 0 Å². The lowest BCUT2D eigenvalue weighted by Crippen LogP contribution is -2.58. The highest BCUT2D eigenvalue weighted by molar-refractivity contribution is 5.94. The minimum Gasteiger partial charge on any atom is -0.481 e. The summed E-state index contributed by atoms with van der Waals surface area (Å²) < 4.78 is 0. The molecule has 4 amide bonds. The fraction of sp³-hybridized carbons (Fsp3) is 0.650. The van der Waals surface area contributed by atoms with Gasteiger partial charge in [-0.05, 0) is 32.6 Å². The molecule has 0 aromatic heterocycles. The summed E-state index contributed by atoms with van der Waals surface area (Å²) in [5.74, 6) is -6.57. The summed E-state index contributed by atoms with van der Waals surface area (Å²) in [6, 6.07) is -5.70. The molecule has 0 aliphatic carbocycles.